The second-order valence-electron chi connectivity index (χ2n) is 21.6. The molecule has 38 nitrogen and oxygen atoms in total. The van der Waals surface area contributed by atoms with Crippen molar-refractivity contribution in [1.29, 1.82) is 0 Å². The van der Waals surface area contributed by atoms with Crippen LogP contribution in [0.15, 0.2) is 24.3 Å². The van der Waals surface area contributed by atoms with Gasteiger partial charge in [0.2, 0.25) is 70.9 Å². The summed E-state index contributed by atoms with van der Waals surface area (Å²) in [6.07, 6.45) is -4.57. The molecule has 0 radical (unpaired) electrons. The molecule has 0 spiro atoms. The first-order valence-corrected chi connectivity index (χ1v) is 28.4. The van der Waals surface area contributed by atoms with Gasteiger partial charge >= 0.3 is 23.9 Å². The number of nitrogens with two attached hydrogens (primary N) is 1. The summed E-state index contributed by atoms with van der Waals surface area (Å²) in [5.41, 5.74) is 5.80. The van der Waals surface area contributed by atoms with Crippen molar-refractivity contribution in [2.45, 2.75) is 159 Å². The van der Waals surface area contributed by atoms with Crippen LogP contribution < -0.4 is 69.5 Å². The molecule has 0 saturated heterocycles. The third-order valence-electron chi connectivity index (χ3n) is 13.0. The van der Waals surface area contributed by atoms with Crippen molar-refractivity contribution in [2.24, 2.45) is 17.6 Å². The molecule has 514 valence electrons. The lowest BCUT2D eigenvalue weighted by molar-refractivity contribution is -0.142. The largest absolute Gasteiger partial charge is 0.508 e. The van der Waals surface area contributed by atoms with Gasteiger partial charge in [-0.3, -0.25) is 76.7 Å². The van der Waals surface area contributed by atoms with Gasteiger partial charge in [0.15, 0.2) is 0 Å². The van der Waals surface area contributed by atoms with Gasteiger partial charge in [-0.1, -0.05) is 39.8 Å². The highest BCUT2D eigenvalue weighted by atomic mass is 16.4. The lowest BCUT2D eigenvalue weighted by Crippen LogP contribution is -2.62. The molecule has 0 aliphatic heterocycles. The molecule has 92 heavy (non-hydrogen) atoms. The summed E-state index contributed by atoms with van der Waals surface area (Å²) in [6, 6.07) is -15.6. The number of carboxylic acid groups (broad SMARTS) is 4. The highest BCUT2D eigenvalue weighted by Gasteiger charge is 2.37. The number of amides is 12. The Labute approximate surface area is 525 Å². The summed E-state index contributed by atoms with van der Waals surface area (Å²) < 4.78 is 0. The third-order valence-corrected chi connectivity index (χ3v) is 13.0. The standard InChI is InChI=1S/C54H83N13O25/c1-23(2)15-31(46(83)64-35(20-69)49(86)57-26(6)54(91)92)61-48(85)33(17-41(78)79)63-52(89)36(21-70)65-47(84)32(16-27-7-9-28(72)10-8-27)62-51(88)37(22-71)66-50(87)34(19-68)58-38(73)18-56-44(81)29(11-13-39(74)75)59-45(82)30(12-14-40(76)77)60-53(90)42(24(3)4)67-43(80)25(5)55/h7-10,23-26,29-37,42,68-72H,11-22,55H2,1-6H3,(H,56,81)(H,57,86)(H,58,73)(H,59,82)(H,60,90)(H,61,85)(H,62,88)(H,63,89)(H,64,83)(H,65,84)(H,66,87)(H,67,80)(H,74,75)(H,76,77)(H,78,79)(H,91,92). The van der Waals surface area contributed by atoms with Crippen molar-refractivity contribution in [3.63, 3.8) is 0 Å². The van der Waals surface area contributed by atoms with Gasteiger partial charge < -0.3 is 115 Å². The van der Waals surface area contributed by atoms with Gasteiger partial charge in [-0.15, -0.1) is 0 Å². The molecule has 0 saturated carbocycles. The van der Waals surface area contributed by atoms with Crippen LogP contribution in [0.1, 0.15) is 85.6 Å². The highest BCUT2D eigenvalue weighted by Crippen LogP contribution is 2.13. The molecule has 1 aromatic rings. The van der Waals surface area contributed by atoms with Gasteiger partial charge in [-0.2, -0.15) is 0 Å². The monoisotopic (exact) mass is 1310 g/mol. The number of hydrogen-bond acceptors (Lipinski definition) is 22. The molecule has 23 N–H and O–H groups in total. The van der Waals surface area contributed by atoms with Gasteiger partial charge in [0.1, 0.15) is 72.2 Å². The maximum atomic E-state index is 14.0. The quantitative estimate of drug-likeness (QED) is 0.0289. The minimum atomic E-state index is -2.06. The molecule has 0 aliphatic rings. The number of phenols is 1. The number of aliphatic hydroxyl groups excluding tert-OH is 4. The number of carbonyl (C=O) groups excluding carboxylic acids is 12. The van der Waals surface area contributed by atoms with Crippen molar-refractivity contribution in [3.05, 3.63) is 29.8 Å². The highest BCUT2D eigenvalue weighted by molar-refractivity contribution is 6.00. The van der Waals surface area contributed by atoms with E-state index in [1.54, 1.807) is 13.8 Å². The molecule has 0 heterocycles. The molecule has 12 atom stereocenters. The van der Waals surface area contributed by atoms with Crippen LogP contribution in [0.2, 0.25) is 0 Å². The minimum absolute atomic E-state index is 0.191. The summed E-state index contributed by atoms with van der Waals surface area (Å²) in [7, 11) is 0. The molecule has 1 aromatic carbocycles. The summed E-state index contributed by atoms with van der Waals surface area (Å²) >= 11 is 0. The van der Waals surface area contributed by atoms with E-state index in [0.717, 1.165) is 6.92 Å². The maximum Gasteiger partial charge on any atom is 0.325 e. The second kappa shape index (κ2) is 40.2. The van der Waals surface area contributed by atoms with Gasteiger partial charge in [0, 0.05) is 19.3 Å². The first-order valence-electron chi connectivity index (χ1n) is 28.4. The van der Waals surface area contributed by atoms with Gasteiger partial charge in [-0.25, -0.2) is 0 Å². The predicted octanol–water partition coefficient (Wildman–Crippen LogP) is -9.29. The SMILES string of the molecule is CC(C)CC(NC(=O)C(CC(=O)O)NC(=O)C(CO)NC(=O)C(Cc1ccc(O)cc1)NC(=O)C(CO)NC(=O)C(CO)NC(=O)CNC(=O)C(CCC(=O)O)NC(=O)C(CCC(=O)O)NC(=O)C(NC(=O)C(C)N)C(C)C)C(=O)NC(CO)C(=O)NC(C)C(=O)O. The lowest BCUT2D eigenvalue weighted by Gasteiger charge is -2.27. The molecule has 0 fully saturated rings. The fraction of sp³-hybridized carbons (Fsp3) is 0.593. The smallest absolute Gasteiger partial charge is 0.325 e. The number of hydrogen-bond donors (Lipinski definition) is 22. The first kappa shape index (κ1) is 80.4. The van der Waals surface area contributed by atoms with E-state index in [-0.39, 0.29) is 17.7 Å². The van der Waals surface area contributed by atoms with E-state index >= 15 is 0 Å². The van der Waals surface area contributed by atoms with E-state index in [9.17, 15) is 118 Å². The minimum Gasteiger partial charge on any atom is -0.508 e. The van der Waals surface area contributed by atoms with Crippen molar-refractivity contribution in [2.75, 3.05) is 33.0 Å². The Morgan fingerprint density at radius 1 is 0.413 bits per heavy atom. The molecule has 38 heteroatoms. The number of carboxylic acids is 4. The van der Waals surface area contributed by atoms with E-state index in [0.29, 0.717) is 0 Å². The average Bonchev–Trinajstić information content (AvgIpc) is 1.11. The Balaban J connectivity index is 3.35. The van der Waals surface area contributed by atoms with Gasteiger partial charge in [0.05, 0.1) is 45.4 Å². The molecular formula is C54H83N13O25. The van der Waals surface area contributed by atoms with Crippen molar-refractivity contribution < 1.29 is 123 Å². The maximum absolute atomic E-state index is 14.0. The Hall–Kier alpha value is -9.66. The zero-order valence-electron chi connectivity index (χ0n) is 51.0. The number of aliphatic hydroxyl groups is 4. The van der Waals surface area contributed by atoms with Crippen LogP contribution in [0.5, 0.6) is 5.75 Å². The van der Waals surface area contributed by atoms with Crippen LogP contribution in [0.3, 0.4) is 0 Å². The van der Waals surface area contributed by atoms with Crippen LogP contribution in [0.4, 0.5) is 0 Å². The molecule has 1 rings (SSSR count). The fourth-order valence-electron chi connectivity index (χ4n) is 7.91. The summed E-state index contributed by atoms with van der Waals surface area (Å²) in [5.74, 6) is -21.6. The molecular weight excluding hydrogens is 1230 g/mol. The summed E-state index contributed by atoms with van der Waals surface area (Å²) in [5, 5.41) is 114. The number of aliphatic carboxylic acids is 4. The Morgan fingerprint density at radius 2 is 0.783 bits per heavy atom. The van der Waals surface area contributed by atoms with Crippen LogP contribution in [0.25, 0.3) is 0 Å². The average molecular weight is 1310 g/mol. The second-order valence-corrected chi connectivity index (χ2v) is 21.6. The van der Waals surface area contributed by atoms with E-state index in [4.69, 9.17) is 10.8 Å². The zero-order valence-corrected chi connectivity index (χ0v) is 51.0. The van der Waals surface area contributed by atoms with E-state index in [1.807, 2.05) is 21.3 Å². The fourth-order valence-corrected chi connectivity index (χ4v) is 7.91. The van der Waals surface area contributed by atoms with E-state index < -0.39 is 251 Å². The number of rotatable bonds is 42. The Kier molecular flexibility index (Phi) is 35.1. The van der Waals surface area contributed by atoms with Crippen molar-refractivity contribution >= 4 is 94.8 Å². The molecule has 0 aromatic heterocycles. The van der Waals surface area contributed by atoms with Crippen LogP contribution in [-0.4, -0.2) is 246 Å². The normalized spacial score (nSPS) is 14.9. The van der Waals surface area contributed by atoms with Crippen LogP contribution in [0, 0.1) is 11.8 Å². The van der Waals surface area contributed by atoms with Crippen LogP contribution in [-0.2, 0) is 83.1 Å². The number of nitrogens with one attached hydrogen (secondary N) is 12. The van der Waals surface area contributed by atoms with Gasteiger partial charge in [0.25, 0.3) is 0 Å². The lowest BCUT2D eigenvalue weighted by atomic mass is 10.0. The molecule has 12 amide bonds. The number of aromatic hydroxyl groups is 1. The van der Waals surface area contributed by atoms with Crippen molar-refractivity contribution in [3.8, 4) is 5.75 Å². The zero-order chi connectivity index (χ0) is 70.3. The number of carbonyl (C=O) groups is 16. The van der Waals surface area contributed by atoms with Crippen LogP contribution >= 0.6 is 0 Å². The van der Waals surface area contributed by atoms with Gasteiger partial charge in [-0.05, 0) is 62.6 Å². The Morgan fingerprint density at radius 3 is 1.21 bits per heavy atom. The number of benzene rings is 1. The number of phenolic OH excluding ortho intramolecular Hbond substituents is 1. The first-order chi connectivity index (χ1) is 43.0. The van der Waals surface area contributed by atoms with E-state index in [2.05, 4.69) is 42.5 Å². The summed E-state index contributed by atoms with van der Waals surface area (Å²) in [6.45, 7) is 2.87. The Bertz CT molecular complexity index is 2790. The molecule has 0 aliphatic carbocycles. The van der Waals surface area contributed by atoms with E-state index in [1.165, 1.54) is 45.0 Å². The predicted molar refractivity (Wildman–Crippen MR) is 312 cm³/mol. The molecule has 12 unspecified atom stereocenters. The van der Waals surface area contributed by atoms with Crippen molar-refractivity contribution in [1.82, 2.24) is 63.8 Å². The summed E-state index contributed by atoms with van der Waals surface area (Å²) in [4.78, 5) is 206. The topological polar surface area (TPSA) is 626 Å². The third kappa shape index (κ3) is 29.3. The molecule has 0 bridgehead atoms.